The van der Waals surface area contributed by atoms with Gasteiger partial charge in [-0.3, -0.25) is 4.79 Å². The molecule has 0 fully saturated rings. The topological polar surface area (TPSA) is 167 Å². The van der Waals surface area contributed by atoms with E-state index in [2.05, 4.69) is 26.2 Å². The molecule has 0 aliphatic carbocycles. The van der Waals surface area contributed by atoms with Crippen LogP contribution < -0.4 is 16.4 Å². The van der Waals surface area contributed by atoms with Crippen LogP contribution in [0.25, 0.3) is 0 Å². The van der Waals surface area contributed by atoms with Gasteiger partial charge < -0.3 is 30.9 Å². The van der Waals surface area contributed by atoms with Crippen LogP contribution in [0.1, 0.15) is 44.1 Å². The van der Waals surface area contributed by atoms with Crippen molar-refractivity contribution in [3.8, 4) is 0 Å². The van der Waals surface area contributed by atoms with Crippen LogP contribution in [0.4, 0.5) is 4.79 Å². The second kappa shape index (κ2) is 13.8. The number of nitrogens with two attached hydrogens (primary N) is 1. The first-order valence-electron chi connectivity index (χ1n) is 10.9. The lowest BCUT2D eigenvalue weighted by molar-refractivity contribution is -0.126. The van der Waals surface area contributed by atoms with Crippen LogP contribution in [0.3, 0.4) is 0 Å². The van der Waals surface area contributed by atoms with Crippen molar-refractivity contribution in [3.05, 3.63) is 40.7 Å². The smallest absolute Gasteiger partial charge is 0.407 e. The second-order valence-electron chi connectivity index (χ2n) is 8.11. The van der Waals surface area contributed by atoms with E-state index in [1.807, 2.05) is 18.2 Å². The molecule has 0 bridgehead atoms. The van der Waals surface area contributed by atoms with Gasteiger partial charge in [0, 0.05) is 18.2 Å². The van der Waals surface area contributed by atoms with Gasteiger partial charge in [0.05, 0.1) is 25.3 Å². The number of carbonyl (C=O) groups excluding carboxylic acids is 2. The van der Waals surface area contributed by atoms with Gasteiger partial charge in [0.1, 0.15) is 12.6 Å². The van der Waals surface area contributed by atoms with Gasteiger partial charge in [-0.05, 0) is 48.7 Å². The summed E-state index contributed by atoms with van der Waals surface area (Å²) in [6.07, 6.45) is 0.667. The lowest BCUT2D eigenvalue weighted by Crippen LogP contribution is -2.51. The number of halogens is 1. The van der Waals surface area contributed by atoms with Crippen LogP contribution in [0, 0.1) is 0 Å². The number of ether oxygens (including phenoxy) is 2. The van der Waals surface area contributed by atoms with Crippen LogP contribution in [0.2, 0.25) is 5.02 Å². The number of aromatic nitrogens is 4. The molecule has 1 atom stereocenters. The number of tetrazole rings is 1. The molecule has 0 aliphatic heterocycles. The lowest BCUT2D eigenvalue weighted by Gasteiger charge is -2.24. The molecule has 0 saturated carbocycles. The van der Waals surface area contributed by atoms with E-state index in [0.29, 0.717) is 30.2 Å². The van der Waals surface area contributed by atoms with E-state index in [1.54, 1.807) is 19.9 Å². The molecule has 1 aromatic heterocycles. The number of amides is 2. The molecule has 5 N–H and O–H groups in total. The van der Waals surface area contributed by atoms with Gasteiger partial charge in [-0.15, -0.1) is 5.10 Å². The molecule has 0 radical (unpaired) electrons. The summed E-state index contributed by atoms with van der Waals surface area (Å²) >= 11 is 6.18. The normalized spacial score (nSPS) is 12.3. The third-order valence-corrected chi connectivity index (χ3v) is 5.02. The van der Waals surface area contributed by atoms with Gasteiger partial charge in [-0.2, -0.15) is 0 Å². The van der Waals surface area contributed by atoms with E-state index in [9.17, 15) is 9.59 Å². The molecule has 188 valence electrons. The lowest BCUT2D eigenvalue weighted by atomic mass is 10.1. The van der Waals surface area contributed by atoms with Crippen molar-refractivity contribution in [1.29, 1.82) is 0 Å². The minimum absolute atomic E-state index is 0.00734. The van der Waals surface area contributed by atoms with Crippen molar-refractivity contribution >= 4 is 23.6 Å². The molecule has 0 saturated heterocycles. The molecule has 12 nitrogen and oxygen atoms in total. The Balaban J connectivity index is 1.99. The molecule has 0 aliphatic rings. The Bertz CT molecular complexity index is 919. The predicted molar refractivity (Wildman–Crippen MR) is 124 cm³/mol. The Morgan fingerprint density at radius 1 is 1.29 bits per heavy atom. The fourth-order valence-corrected chi connectivity index (χ4v) is 2.94. The van der Waals surface area contributed by atoms with Crippen molar-refractivity contribution in [2.45, 2.75) is 51.4 Å². The summed E-state index contributed by atoms with van der Waals surface area (Å²) < 4.78 is 12.4. The maximum absolute atomic E-state index is 12.5. The van der Waals surface area contributed by atoms with Gasteiger partial charge in [-0.25, -0.2) is 9.48 Å². The third kappa shape index (κ3) is 9.21. The number of aliphatic hydroxyl groups excluding tert-OH is 1. The number of hydrogen-bond acceptors (Lipinski definition) is 9. The van der Waals surface area contributed by atoms with Crippen LogP contribution in [-0.4, -0.2) is 69.2 Å². The van der Waals surface area contributed by atoms with Crippen molar-refractivity contribution in [3.63, 3.8) is 0 Å². The first-order chi connectivity index (χ1) is 16.2. The maximum Gasteiger partial charge on any atom is 0.407 e. The summed E-state index contributed by atoms with van der Waals surface area (Å²) in [7, 11) is 0. The highest BCUT2D eigenvalue weighted by Crippen LogP contribution is 2.18. The van der Waals surface area contributed by atoms with E-state index in [4.69, 9.17) is 31.9 Å². The van der Waals surface area contributed by atoms with Gasteiger partial charge in [-0.1, -0.05) is 29.8 Å². The molecular formula is C21H32ClN7O5. The summed E-state index contributed by atoms with van der Waals surface area (Å²) in [6.45, 7) is 4.09. The number of nitrogens with one attached hydrogen (secondary N) is 2. The average molecular weight is 498 g/mol. The zero-order valence-corrected chi connectivity index (χ0v) is 20.1. The van der Waals surface area contributed by atoms with Crippen molar-refractivity contribution in [2.75, 3.05) is 26.4 Å². The van der Waals surface area contributed by atoms with E-state index < -0.39 is 23.6 Å². The van der Waals surface area contributed by atoms with Crippen LogP contribution >= 0.6 is 11.6 Å². The van der Waals surface area contributed by atoms with Crippen molar-refractivity contribution in [2.24, 2.45) is 5.73 Å². The van der Waals surface area contributed by atoms with E-state index >= 15 is 0 Å². The highest BCUT2D eigenvalue weighted by molar-refractivity contribution is 6.31. The molecule has 1 heterocycles. The number of benzene rings is 1. The Morgan fingerprint density at radius 2 is 2.06 bits per heavy atom. The quantitative estimate of drug-likeness (QED) is 0.277. The summed E-state index contributed by atoms with van der Waals surface area (Å²) in [5, 5.41) is 26.4. The molecular weight excluding hydrogens is 466 g/mol. The molecule has 13 heteroatoms. The monoisotopic (exact) mass is 497 g/mol. The second-order valence-corrected chi connectivity index (χ2v) is 8.52. The number of nitrogens with zero attached hydrogens (tertiary/aromatic N) is 4. The average Bonchev–Trinajstić information content (AvgIpc) is 3.25. The van der Waals surface area contributed by atoms with Gasteiger partial charge in [0.2, 0.25) is 5.91 Å². The molecule has 2 rings (SSSR count). The maximum atomic E-state index is 12.5. The standard InChI is InChI=1S/C21H32ClN7O5/c1-21(2,23)19(31)25-17(14-33-13-15-7-3-4-8-16(15)22)18-26-27-28-29(18)10-12-34-20(32)24-9-5-6-11-30/h3-4,7-8,17,30H,5-6,9-14,23H2,1-2H3,(H,24,32)(H,25,31)/t17-/m1/s1. The number of unbranched alkanes of at least 4 members (excludes halogenated alkanes) is 1. The molecule has 2 aromatic rings. The first-order valence-corrected chi connectivity index (χ1v) is 11.3. The van der Waals surface area contributed by atoms with Crippen molar-refractivity contribution in [1.82, 2.24) is 30.8 Å². The van der Waals surface area contributed by atoms with Gasteiger partial charge >= 0.3 is 6.09 Å². The SMILES string of the molecule is CC(C)(N)C(=O)N[C@H](COCc1ccccc1Cl)c1nnnn1CCOC(=O)NCCCCO. The van der Waals surface area contributed by atoms with Gasteiger partial charge in [0.15, 0.2) is 5.82 Å². The fraction of sp³-hybridized carbons (Fsp3) is 0.571. The highest BCUT2D eigenvalue weighted by Gasteiger charge is 2.28. The molecule has 34 heavy (non-hydrogen) atoms. The zero-order chi connectivity index (χ0) is 25.0. The zero-order valence-electron chi connectivity index (χ0n) is 19.4. The molecule has 0 spiro atoms. The van der Waals surface area contributed by atoms with Crippen LogP contribution in [0.5, 0.6) is 0 Å². The highest BCUT2D eigenvalue weighted by atomic mass is 35.5. The van der Waals surface area contributed by atoms with Gasteiger partial charge in [0.25, 0.3) is 0 Å². The largest absolute Gasteiger partial charge is 0.448 e. The Kier molecular flexibility index (Phi) is 11.1. The minimum Gasteiger partial charge on any atom is -0.448 e. The summed E-state index contributed by atoms with van der Waals surface area (Å²) in [6, 6.07) is 6.57. The van der Waals surface area contributed by atoms with Crippen molar-refractivity contribution < 1.29 is 24.2 Å². The fourth-order valence-electron chi connectivity index (χ4n) is 2.75. The van der Waals surface area contributed by atoms with Crippen LogP contribution in [-0.2, 0) is 27.4 Å². The Morgan fingerprint density at radius 3 is 2.76 bits per heavy atom. The number of carbonyl (C=O) groups is 2. The number of rotatable bonds is 14. The van der Waals surface area contributed by atoms with E-state index in [0.717, 1.165) is 5.56 Å². The Hall–Kier alpha value is -2.80. The first kappa shape index (κ1) is 27.4. The summed E-state index contributed by atoms with van der Waals surface area (Å²) in [5.74, 6) is -0.0874. The predicted octanol–water partition coefficient (Wildman–Crippen LogP) is 0.937. The molecule has 2 amide bonds. The third-order valence-electron chi connectivity index (χ3n) is 4.65. The number of aliphatic hydroxyl groups is 1. The van der Waals surface area contributed by atoms with Crippen LogP contribution in [0.15, 0.2) is 24.3 Å². The summed E-state index contributed by atoms with van der Waals surface area (Å²) in [5.41, 5.74) is 5.59. The van der Waals surface area contributed by atoms with E-state index in [1.165, 1.54) is 4.68 Å². The summed E-state index contributed by atoms with van der Waals surface area (Å²) in [4.78, 5) is 24.3. The molecule has 0 unspecified atom stereocenters. The van der Waals surface area contributed by atoms with E-state index in [-0.39, 0.29) is 33.0 Å². The number of hydrogen-bond donors (Lipinski definition) is 4. The molecule has 1 aromatic carbocycles. The Labute approximate surface area is 203 Å². The minimum atomic E-state index is -1.13. The number of alkyl carbamates (subject to hydrolysis) is 1.